The van der Waals surface area contributed by atoms with Crippen LogP contribution in [0, 0.1) is 0 Å². The largest absolute Gasteiger partial charge is 0.322 e. The minimum absolute atomic E-state index is 0.0212. The van der Waals surface area contributed by atoms with E-state index in [4.69, 9.17) is 0 Å². The summed E-state index contributed by atoms with van der Waals surface area (Å²) in [4.78, 5) is 16.5. The first-order valence-electron chi connectivity index (χ1n) is 7.85. The van der Waals surface area contributed by atoms with E-state index in [0.29, 0.717) is 6.04 Å². The van der Waals surface area contributed by atoms with Gasteiger partial charge >= 0.3 is 6.03 Å². The normalized spacial score (nSPS) is 24.1. The van der Waals surface area contributed by atoms with E-state index in [9.17, 15) is 4.79 Å². The summed E-state index contributed by atoms with van der Waals surface area (Å²) in [5.41, 5.74) is 2.44. The number of carbonyl (C=O) groups excluding carboxylic acids is 1. The zero-order valence-electron chi connectivity index (χ0n) is 12.9. The molecule has 118 valence electrons. The summed E-state index contributed by atoms with van der Waals surface area (Å²) in [5, 5.41) is 2.75. The molecule has 0 aliphatic carbocycles. The summed E-state index contributed by atoms with van der Waals surface area (Å²) in [6, 6.07) is 10.8. The summed E-state index contributed by atoms with van der Waals surface area (Å²) in [7, 11) is 0. The predicted molar refractivity (Wildman–Crippen MR) is 91.6 cm³/mol. The lowest BCUT2D eigenvalue weighted by Gasteiger charge is -2.39. The summed E-state index contributed by atoms with van der Waals surface area (Å²) in [6.07, 6.45) is 4.00. The number of nitrogens with one attached hydrogen (secondary N) is 1. The molecule has 3 rings (SSSR count). The highest BCUT2D eigenvalue weighted by atomic mass is 32.1. The highest BCUT2D eigenvalue weighted by Crippen LogP contribution is 2.23. The topological polar surface area (TPSA) is 35.6 Å². The van der Waals surface area contributed by atoms with E-state index in [-0.39, 0.29) is 11.4 Å². The maximum atomic E-state index is 12.1. The van der Waals surface area contributed by atoms with Crippen molar-refractivity contribution in [3.63, 3.8) is 0 Å². The van der Waals surface area contributed by atoms with Crippen molar-refractivity contribution in [1.29, 1.82) is 0 Å². The number of nitrogens with zero attached hydrogens (tertiary/aromatic N) is 2. The Kier molecular flexibility index (Phi) is 4.74. The predicted octanol–water partition coefficient (Wildman–Crippen LogP) is 2.84. The Hall–Kier alpha value is -1.46. The molecular weight excluding hydrogens is 294 g/mol. The van der Waals surface area contributed by atoms with Crippen molar-refractivity contribution in [2.75, 3.05) is 13.1 Å². The van der Waals surface area contributed by atoms with Crippen molar-refractivity contribution in [1.82, 2.24) is 15.1 Å². The summed E-state index contributed by atoms with van der Waals surface area (Å²) < 4.78 is 0. The van der Waals surface area contributed by atoms with Gasteiger partial charge in [0.1, 0.15) is 0 Å². The average molecular weight is 317 g/mol. The third kappa shape index (κ3) is 3.47. The van der Waals surface area contributed by atoms with Crippen molar-refractivity contribution in [2.45, 2.75) is 37.7 Å². The maximum Gasteiger partial charge on any atom is 0.322 e. The van der Waals surface area contributed by atoms with Crippen LogP contribution < -0.4 is 5.32 Å². The van der Waals surface area contributed by atoms with E-state index in [1.165, 1.54) is 5.56 Å². The van der Waals surface area contributed by atoms with Crippen LogP contribution in [0.1, 0.15) is 25.3 Å². The average Bonchev–Trinajstić information content (AvgIpc) is 2.53. The molecule has 4 nitrogen and oxygen atoms in total. The third-order valence-corrected chi connectivity index (χ3v) is 5.00. The van der Waals surface area contributed by atoms with Crippen LogP contribution in [0.25, 0.3) is 0 Å². The second-order valence-electron chi connectivity index (χ2n) is 6.13. The van der Waals surface area contributed by atoms with Crippen molar-refractivity contribution in [3.8, 4) is 0 Å². The van der Waals surface area contributed by atoms with Crippen molar-refractivity contribution >= 4 is 18.7 Å². The Bertz CT molecular complexity index is 552. The quantitative estimate of drug-likeness (QED) is 0.841. The van der Waals surface area contributed by atoms with Crippen molar-refractivity contribution in [3.05, 3.63) is 47.7 Å². The van der Waals surface area contributed by atoms with Gasteiger partial charge in [0.2, 0.25) is 0 Å². The fourth-order valence-electron chi connectivity index (χ4n) is 3.12. The molecule has 1 atom stereocenters. The highest BCUT2D eigenvalue weighted by molar-refractivity contribution is 7.81. The maximum absolute atomic E-state index is 12.1. The molecule has 2 aliphatic heterocycles. The van der Waals surface area contributed by atoms with Gasteiger partial charge in [-0.2, -0.15) is 12.6 Å². The molecule has 0 spiro atoms. The van der Waals surface area contributed by atoms with Gasteiger partial charge in [-0.15, -0.1) is 0 Å². The van der Waals surface area contributed by atoms with Gasteiger partial charge in [0.25, 0.3) is 0 Å². The molecule has 1 aromatic rings. The minimum atomic E-state index is -0.151. The van der Waals surface area contributed by atoms with Gasteiger partial charge in [-0.05, 0) is 30.9 Å². The van der Waals surface area contributed by atoms with Gasteiger partial charge in [0.15, 0.2) is 0 Å². The second-order valence-corrected chi connectivity index (χ2v) is 6.64. The smallest absolute Gasteiger partial charge is 0.322 e. The molecule has 1 N–H and O–H groups in total. The number of carbonyl (C=O) groups is 1. The Morgan fingerprint density at radius 2 is 1.91 bits per heavy atom. The summed E-state index contributed by atoms with van der Waals surface area (Å²) in [5.74, 6) is 0. The summed E-state index contributed by atoms with van der Waals surface area (Å²) in [6.45, 7) is 5.06. The number of hydrogen-bond donors (Lipinski definition) is 2. The first kappa shape index (κ1) is 15.4. The molecule has 0 bridgehead atoms. The number of hydrogen-bond acceptors (Lipinski definition) is 3. The van der Waals surface area contributed by atoms with Gasteiger partial charge in [-0.3, -0.25) is 9.80 Å². The number of urea groups is 1. The Morgan fingerprint density at radius 1 is 1.23 bits per heavy atom. The fraction of sp³-hybridized carbons (Fsp3) is 0.471. The van der Waals surface area contributed by atoms with E-state index in [1.807, 2.05) is 24.1 Å². The van der Waals surface area contributed by atoms with Crippen LogP contribution in [-0.2, 0) is 6.54 Å². The first-order chi connectivity index (χ1) is 10.6. The molecule has 2 aliphatic rings. The highest BCUT2D eigenvalue weighted by Gasteiger charge is 2.30. The molecule has 2 heterocycles. The van der Waals surface area contributed by atoms with Gasteiger partial charge in [-0.25, -0.2) is 4.79 Å². The van der Waals surface area contributed by atoms with E-state index in [1.54, 1.807) is 0 Å². The zero-order chi connectivity index (χ0) is 15.5. The number of likely N-dealkylation sites (tertiary alicyclic amines) is 1. The van der Waals surface area contributed by atoms with Crippen molar-refractivity contribution in [2.24, 2.45) is 0 Å². The van der Waals surface area contributed by atoms with Gasteiger partial charge in [0.05, 0.1) is 5.37 Å². The molecule has 0 radical (unpaired) electrons. The molecular formula is C17H23N3OS. The van der Waals surface area contributed by atoms with Gasteiger partial charge in [-0.1, -0.05) is 30.3 Å². The Balaban J connectivity index is 1.57. The van der Waals surface area contributed by atoms with E-state index >= 15 is 0 Å². The van der Waals surface area contributed by atoms with Crippen LogP contribution >= 0.6 is 12.6 Å². The Labute approximate surface area is 137 Å². The molecule has 1 fully saturated rings. The molecule has 1 unspecified atom stereocenters. The molecule has 5 heteroatoms. The third-order valence-electron chi connectivity index (χ3n) is 4.47. The molecule has 22 heavy (non-hydrogen) atoms. The number of amides is 2. The van der Waals surface area contributed by atoms with Crippen molar-refractivity contribution < 1.29 is 4.79 Å². The second kappa shape index (κ2) is 6.75. The number of piperidine rings is 1. The van der Waals surface area contributed by atoms with E-state index in [0.717, 1.165) is 38.0 Å². The minimum Gasteiger partial charge on any atom is -0.322 e. The number of rotatable bonds is 3. The first-order valence-corrected chi connectivity index (χ1v) is 8.36. The fourth-order valence-corrected chi connectivity index (χ4v) is 3.30. The molecule has 0 aromatic heterocycles. The lowest BCUT2D eigenvalue weighted by molar-refractivity contribution is 0.137. The van der Waals surface area contributed by atoms with Gasteiger partial charge in [0, 0.05) is 31.9 Å². The van der Waals surface area contributed by atoms with Crippen LogP contribution in [-0.4, -0.2) is 40.3 Å². The Morgan fingerprint density at radius 3 is 2.59 bits per heavy atom. The van der Waals surface area contributed by atoms with Crippen LogP contribution in [0.3, 0.4) is 0 Å². The molecule has 1 aromatic carbocycles. The molecule has 0 saturated carbocycles. The van der Waals surface area contributed by atoms with Crippen LogP contribution in [0.4, 0.5) is 4.79 Å². The summed E-state index contributed by atoms with van der Waals surface area (Å²) >= 11 is 4.35. The molecule has 2 amide bonds. The van der Waals surface area contributed by atoms with Crippen LogP contribution in [0.5, 0.6) is 0 Å². The van der Waals surface area contributed by atoms with Gasteiger partial charge < -0.3 is 5.32 Å². The number of benzene rings is 1. The lowest BCUT2D eigenvalue weighted by Crippen LogP contribution is -2.52. The van der Waals surface area contributed by atoms with Crippen LogP contribution in [0.15, 0.2) is 42.1 Å². The zero-order valence-corrected chi connectivity index (χ0v) is 13.8. The van der Waals surface area contributed by atoms with E-state index in [2.05, 4.69) is 47.1 Å². The van der Waals surface area contributed by atoms with E-state index < -0.39 is 0 Å². The standard InChI is InChI=1S/C17H23N3OS/c1-13-11-20(17(21)18-16(13)22)15-7-9-19(10-8-15)12-14-5-3-2-4-6-14/h2-6,11,15-16,22H,7-10,12H2,1H3,(H,18,21). The lowest BCUT2D eigenvalue weighted by atomic mass is 10.0. The molecule has 1 saturated heterocycles. The monoisotopic (exact) mass is 317 g/mol. The number of thiol groups is 1. The van der Waals surface area contributed by atoms with Crippen LogP contribution in [0.2, 0.25) is 0 Å². The SMILES string of the molecule is CC1=CN(C2CCN(Cc3ccccc3)CC2)C(=O)NC1S.